The molecule has 0 aliphatic rings. The van der Waals surface area contributed by atoms with Gasteiger partial charge in [-0.1, -0.05) is 67.6 Å². The van der Waals surface area contributed by atoms with Crippen LogP contribution in [0.1, 0.15) is 19.8 Å². The minimum absolute atomic E-state index is 0.676. The standard InChI is InChI=1S/C21H24N2OS/c1-2-25(24)16-10-9-15-23-17-22-20(18-11-5-3-6-12-18)21(23)19-13-7-4-8-14-19/h3-8,11-14,17H,2,9-10,15-16H2,1H3. The molecule has 0 fully saturated rings. The van der Waals surface area contributed by atoms with Crippen LogP contribution in [0.15, 0.2) is 67.0 Å². The van der Waals surface area contributed by atoms with Crippen molar-refractivity contribution in [3.63, 3.8) is 0 Å². The summed E-state index contributed by atoms with van der Waals surface area (Å²) in [7, 11) is -0.676. The molecule has 0 saturated heterocycles. The monoisotopic (exact) mass is 352 g/mol. The Morgan fingerprint density at radius 3 is 2.20 bits per heavy atom. The second-order valence-electron chi connectivity index (χ2n) is 6.01. The number of hydrogen-bond acceptors (Lipinski definition) is 2. The van der Waals surface area contributed by atoms with E-state index in [9.17, 15) is 4.21 Å². The summed E-state index contributed by atoms with van der Waals surface area (Å²) >= 11 is 0. The molecule has 0 aliphatic heterocycles. The third-order valence-corrected chi connectivity index (χ3v) is 5.66. The van der Waals surface area contributed by atoms with Crippen LogP contribution in [0.5, 0.6) is 0 Å². The number of unbranched alkanes of at least 4 members (excludes halogenated alkanes) is 1. The van der Waals surface area contributed by atoms with Crippen molar-refractivity contribution >= 4 is 10.8 Å². The Labute approximate surface area is 152 Å². The molecule has 1 unspecified atom stereocenters. The zero-order valence-corrected chi connectivity index (χ0v) is 15.4. The van der Waals surface area contributed by atoms with Gasteiger partial charge in [0.1, 0.15) is 0 Å². The topological polar surface area (TPSA) is 34.9 Å². The summed E-state index contributed by atoms with van der Waals surface area (Å²) in [6.07, 6.45) is 3.92. The summed E-state index contributed by atoms with van der Waals surface area (Å²) in [6.45, 7) is 2.87. The van der Waals surface area contributed by atoms with E-state index in [0.29, 0.717) is 0 Å². The number of rotatable bonds is 8. The summed E-state index contributed by atoms with van der Waals surface area (Å²) in [5, 5.41) is 0. The van der Waals surface area contributed by atoms with Crippen LogP contribution < -0.4 is 0 Å². The summed E-state index contributed by atoms with van der Waals surface area (Å²) in [5.74, 6) is 1.54. The van der Waals surface area contributed by atoms with Gasteiger partial charge >= 0.3 is 0 Å². The molecule has 25 heavy (non-hydrogen) atoms. The zero-order valence-electron chi connectivity index (χ0n) is 14.6. The number of nitrogens with zero attached hydrogens (tertiary/aromatic N) is 2. The van der Waals surface area contributed by atoms with Crippen LogP contribution in [0.3, 0.4) is 0 Å². The lowest BCUT2D eigenvalue weighted by Gasteiger charge is -2.11. The largest absolute Gasteiger partial charge is 0.330 e. The van der Waals surface area contributed by atoms with Crippen molar-refractivity contribution in [2.75, 3.05) is 11.5 Å². The molecule has 4 heteroatoms. The molecule has 1 atom stereocenters. The average Bonchev–Trinajstić information content (AvgIpc) is 3.10. The van der Waals surface area contributed by atoms with Crippen LogP contribution in [0.4, 0.5) is 0 Å². The van der Waals surface area contributed by atoms with Gasteiger partial charge in [0.25, 0.3) is 0 Å². The van der Waals surface area contributed by atoms with E-state index in [4.69, 9.17) is 4.98 Å². The minimum atomic E-state index is -0.676. The number of hydrogen-bond donors (Lipinski definition) is 0. The Kier molecular flexibility index (Phi) is 6.18. The second kappa shape index (κ2) is 8.77. The molecule has 130 valence electrons. The van der Waals surface area contributed by atoms with Gasteiger partial charge in [-0.05, 0) is 12.8 Å². The Hall–Kier alpha value is -2.20. The predicted molar refractivity (Wildman–Crippen MR) is 106 cm³/mol. The molecule has 1 heterocycles. The van der Waals surface area contributed by atoms with Crippen LogP contribution >= 0.6 is 0 Å². The lowest BCUT2D eigenvalue weighted by molar-refractivity contribution is 0.631. The first-order valence-corrected chi connectivity index (χ1v) is 10.3. The molecule has 3 nitrogen and oxygen atoms in total. The van der Waals surface area contributed by atoms with Gasteiger partial charge in [-0.25, -0.2) is 4.98 Å². The van der Waals surface area contributed by atoms with Crippen molar-refractivity contribution < 1.29 is 4.21 Å². The van der Waals surface area contributed by atoms with Gasteiger partial charge in [-0.15, -0.1) is 0 Å². The average molecular weight is 353 g/mol. The number of benzene rings is 2. The molecule has 3 rings (SSSR count). The van der Waals surface area contributed by atoms with Gasteiger partial charge in [0.15, 0.2) is 0 Å². The Bertz CT molecular complexity index is 812. The van der Waals surface area contributed by atoms with Crippen LogP contribution in [0.25, 0.3) is 22.5 Å². The lowest BCUT2D eigenvalue weighted by atomic mass is 10.0. The van der Waals surface area contributed by atoms with Crippen molar-refractivity contribution in [1.82, 2.24) is 9.55 Å². The number of aromatic nitrogens is 2. The molecule has 0 radical (unpaired) electrons. The van der Waals surface area contributed by atoms with E-state index in [2.05, 4.69) is 41.0 Å². The lowest BCUT2D eigenvalue weighted by Crippen LogP contribution is -2.04. The van der Waals surface area contributed by atoms with Gasteiger partial charge in [0.2, 0.25) is 0 Å². The fraction of sp³-hybridized carbons (Fsp3) is 0.286. The van der Waals surface area contributed by atoms with Gasteiger partial charge < -0.3 is 4.57 Å². The summed E-state index contributed by atoms with van der Waals surface area (Å²) in [5.41, 5.74) is 4.48. The molecule has 0 spiro atoms. The third-order valence-electron chi connectivity index (χ3n) is 4.28. The number of aryl methyl sites for hydroxylation is 1. The molecule has 0 bridgehead atoms. The SMILES string of the molecule is CCS(=O)CCCCn1cnc(-c2ccccc2)c1-c1ccccc1. The molecule has 0 aliphatic carbocycles. The molecule has 0 N–H and O–H groups in total. The first kappa shape index (κ1) is 17.6. The molecule has 3 aromatic rings. The van der Waals surface area contributed by atoms with Crippen molar-refractivity contribution in [3.8, 4) is 22.5 Å². The Morgan fingerprint density at radius 2 is 1.56 bits per heavy atom. The highest BCUT2D eigenvalue weighted by Crippen LogP contribution is 2.31. The Balaban J connectivity index is 1.86. The predicted octanol–water partition coefficient (Wildman–Crippen LogP) is 4.77. The maximum Gasteiger partial charge on any atom is 0.0963 e. The summed E-state index contributed by atoms with van der Waals surface area (Å²) in [4.78, 5) is 4.70. The zero-order chi connectivity index (χ0) is 17.5. The molecular weight excluding hydrogens is 328 g/mol. The molecule has 1 aromatic heterocycles. The van der Waals surface area contributed by atoms with Crippen molar-refractivity contribution in [2.45, 2.75) is 26.3 Å². The van der Waals surface area contributed by atoms with E-state index in [0.717, 1.165) is 47.8 Å². The fourth-order valence-electron chi connectivity index (χ4n) is 2.95. The molecule has 0 amide bonds. The third kappa shape index (κ3) is 4.45. The van der Waals surface area contributed by atoms with E-state index in [1.165, 1.54) is 5.56 Å². The first-order valence-electron chi connectivity index (χ1n) is 8.80. The first-order chi connectivity index (χ1) is 12.3. The van der Waals surface area contributed by atoms with Crippen molar-refractivity contribution in [1.29, 1.82) is 0 Å². The van der Waals surface area contributed by atoms with Crippen LogP contribution in [0, 0.1) is 0 Å². The van der Waals surface area contributed by atoms with Crippen LogP contribution in [-0.4, -0.2) is 25.3 Å². The van der Waals surface area contributed by atoms with Gasteiger partial charge in [0.05, 0.1) is 17.7 Å². The van der Waals surface area contributed by atoms with E-state index in [1.807, 2.05) is 37.5 Å². The van der Waals surface area contributed by atoms with Crippen LogP contribution in [-0.2, 0) is 17.3 Å². The van der Waals surface area contributed by atoms with Crippen molar-refractivity contribution in [3.05, 3.63) is 67.0 Å². The molecule has 2 aromatic carbocycles. The van der Waals surface area contributed by atoms with Crippen molar-refractivity contribution in [2.24, 2.45) is 0 Å². The highest BCUT2D eigenvalue weighted by molar-refractivity contribution is 7.84. The van der Waals surface area contributed by atoms with E-state index >= 15 is 0 Å². The normalized spacial score (nSPS) is 12.2. The maximum atomic E-state index is 11.6. The van der Waals surface area contributed by atoms with E-state index in [-0.39, 0.29) is 0 Å². The van der Waals surface area contributed by atoms with E-state index < -0.39 is 10.8 Å². The molecule has 0 saturated carbocycles. The van der Waals surface area contributed by atoms with Gasteiger partial charge in [0, 0.05) is 40.0 Å². The minimum Gasteiger partial charge on any atom is -0.330 e. The Morgan fingerprint density at radius 1 is 0.920 bits per heavy atom. The quantitative estimate of drug-likeness (QED) is 0.548. The van der Waals surface area contributed by atoms with E-state index in [1.54, 1.807) is 0 Å². The number of imidazole rings is 1. The highest BCUT2D eigenvalue weighted by atomic mass is 32.2. The molecular formula is C21H24N2OS. The second-order valence-corrected chi connectivity index (χ2v) is 7.87. The maximum absolute atomic E-state index is 11.6. The smallest absolute Gasteiger partial charge is 0.0963 e. The van der Waals surface area contributed by atoms with Crippen LogP contribution in [0.2, 0.25) is 0 Å². The summed E-state index contributed by atoms with van der Waals surface area (Å²) in [6, 6.07) is 20.7. The fourth-order valence-corrected chi connectivity index (χ4v) is 3.76. The van der Waals surface area contributed by atoms with Gasteiger partial charge in [-0.3, -0.25) is 4.21 Å². The van der Waals surface area contributed by atoms with Gasteiger partial charge in [-0.2, -0.15) is 0 Å². The highest BCUT2D eigenvalue weighted by Gasteiger charge is 2.14. The summed E-state index contributed by atoms with van der Waals surface area (Å²) < 4.78 is 13.8.